The summed E-state index contributed by atoms with van der Waals surface area (Å²) in [5.41, 5.74) is 2.51. The zero-order chi connectivity index (χ0) is 13.5. The summed E-state index contributed by atoms with van der Waals surface area (Å²) in [6.07, 6.45) is 1.63. The predicted octanol–water partition coefficient (Wildman–Crippen LogP) is 1.54. The fourth-order valence-corrected chi connectivity index (χ4v) is 1.98. The van der Waals surface area contributed by atoms with Crippen LogP contribution in [0.15, 0.2) is 18.2 Å². The molecule has 0 heterocycles. The van der Waals surface area contributed by atoms with E-state index >= 15 is 0 Å². The molecule has 0 bridgehead atoms. The predicted molar refractivity (Wildman–Crippen MR) is 76.6 cm³/mol. The van der Waals surface area contributed by atoms with Crippen molar-refractivity contribution in [2.24, 2.45) is 0 Å². The molecule has 0 aliphatic carbocycles. The Hall–Kier alpha value is -1.36. The van der Waals surface area contributed by atoms with Crippen molar-refractivity contribution in [3.63, 3.8) is 0 Å². The molecule has 1 rings (SSSR count). The third kappa shape index (κ3) is 4.49. The number of carbonyl (C=O) groups excluding carboxylic acids is 1. The van der Waals surface area contributed by atoms with Gasteiger partial charge in [0.15, 0.2) is 0 Å². The average Bonchev–Trinajstić information content (AvgIpc) is 2.31. The molecule has 1 amide bonds. The highest BCUT2D eigenvalue weighted by Gasteiger charge is 2.10. The van der Waals surface area contributed by atoms with E-state index in [0.717, 1.165) is 17.8 Å². The van der Waals surface area contributed by atoms with Gasteiger partial charge in [-0.05, 0) is 26.0 Å². The maximum atomic E-state index is 12.0. The van der Waals surface area contributed by atoms with Crippen LogP contribution < -0.4 is 10.6 Å². The lowest BCUT2D eigenvalue weighted by Gasteiger charge is -2.11. The molecular weight excluding hydrogens is 248 g/mol. The Morgan fingerprint density at radius 1 is 1.39 bits per heavy atom. The summed E-state index contributed by atoms with van der Waals surface area (Å²) in [4.78, 5) is 12.0. The zero-order valence-corrected chi connectivity index (χ0v) is 11.9. The van der Waals surface area contributed by atoms with Gasteiger partial charge in [0.25, 0.3) is 5.91 Å². The Labute approximate surface area is 111 Å². The molecule has 0 aromatic heterocycles. The lowest BCUT2D eigenvalue weighted by atomic mass is 10.1. The third-order valence-corrected chi connectivity index (χ3v) is 3.24. The van der Waals surface area contributed by atoms with E-state index in [2.05, 4.69) is 10.6 Å². The lowest BCUT2D eigenvalue weighted by Crippen LogP contribution is -2.28. The number of hydrogen-bond acceptors (Lipinski definition) is 3. The highest BCUT2D eigenvalue weighted by molar-refractivity contribution is 7.84. The Balaban J connectivity index is 2.76. The summed E-state index contributed by atoms with van der Waals surface area (Å²) in [6, 6.07) is 5.73. The summed E-state index contributed by atoms with van der Waals surface area (Å²) in [7, 11) is -0.882. The fraction of sp³-hybridized carbons (Fsp3) is 0.462. The fourth-order valence-electron chi connectivity index (χ4n) is 1.59. The molecule has 100 valence electrons. The summed E-state index contributed by atoms with van der Waals surface area (Å²) < 4.78 is 10.9. The smallest absolute Gasteiger partial charge is 0.253 e. The van der Waals surface area contributed by atoms with Gasteiger partial charge in [-0.3, -0.25) is 9.00 Å². The molecule has 0 aliphatic heterocycles. The van der Waals surface area contributed by atoms with E-state index in [1.54, 1.807) is 6.26 Å². The van der Waals surface area contributed by atoms with Crippen molar-refractivity contribution >= 4 is 22.4 Å². The largest absolute Gasteiger partial charge is 0.385 e. The van der Waals surface area contributed by atoms with Crippen molar-refractivity contribution in [1.29, 1.82) is 0 Å². The number of benzene rings is 1. The summed E-state index contributed by atoms with van der Waals surface area (Å²) in [5, 5.41) is 5.95. The highest BCUT2D eigenvalue weighted by Crippen LogP contribution is 2.17. The number of aryl methyl sites for hydroxylation is 1. The van der Waals surface area contributed by atoms with E-state index in [1.165, 1.54) is 0 Å². The van der Waals surface area contributed by atoms with E-state index in [9.17, 15) is 9.00 Å². The summed E-state index contributed by atoms with van der Waals surface area (Å²) in [6.45, 7) is 5.14. The molecule has 18 heavy (non-hydrogen) atoms. The molecule has 1 aromatic rings. The third-order valence-electron chi connectivity index (χ3n) is 2.46. The van der Waals surface area contributed by atoms with Crippen LogP contribution in [0.25, 0.3) is 0 Å². The molecule has 1 unspecified atom stereocenters. The standard InChI is InChI=1S/C13H20N2O2S/c1-4-14-12-6-5-10(2)9-11(12)13(16)15-7-8-18(3)17/h5-6,9,14H,4,7-8H2,1-3H3,(H,15,16). The van der Waals surface area contributed by atoms with Gasteiger partial charge in [0.05, 0.1) is 5.56 Å². The maximum Gasteiger partial charge on any atom is 0.253 e. The molecule has 0 fully saturated rings. The summed E-state index contributed by atoms with van der Waals surface area (Å²) in [5.74, 6) is 0.355. The Kier molecular flexibility index (Phi) is 5.85. The zero-order valence-electron chi connectivity index (χ0n) is 11.1. The van der Waals surface area contributed by atoms with Gasteiger partial charge in [-0.15, -0.1) is 0 Å². The van der Waals surface area contributed by atoms with E-state index in [-0.39, 0.29) is 5.91 Å². The van der Waals surface area contributed by atoms with Crippen molar-refractivity contribution in [1.82, 2.24) is 5.32 Å². The normalized spacial score (nSPS) is 11.9. The van der Waals surface area contributed by atoms with Crippen LogP contribution in [0.3, 0.4) is 0 Å². The molecule has 5 heteroatoms. The highest BCUT2D eigenvalue weighted by atomic mass is 32.2. The van der Waals surface area contributed by atoms with Crippen LogP contribution in [-0.4, -0.2) is 35.2 Å². The van der Waals surface area contributed by atoms with Gasteiger partial charge in [-0.2, -0.15) is 0 Å². The number of hydrogen-bond donors (Lipinski definition) is 2. The van der Waals surface area contributed by atoms with Crippen molar-refractivity contribution in [2.45, 2.75) is 13.8 Å². The van der Waals surface area contributed by atoms with Gasteiger partial charge in [0, 0.05) is 41.6 Å². The first-order chi connectivity index (χ1) is 8.54. The Morgan fingerprint density at radius 3 is 2.72 bits per heavy atom. The minimum atomic E-state index is -0.882. The number of amides is 1. The van der Waals surface area contributed by atoms with Gasteiger partial charge in [0.1, 0.15) is 0 Å². The molecule has 0 saturated carbocycles. The van der Waals surface area contributed by atoms with Crippen LogP contribution in [0.1, 0.15) is 22.8 Å². The molecule has 0 saturated heterocycles. The molecule has 1 aromatic carbocycles. The van der Waals surface area contributed by atoms with Gasteiger partial charge in [0.2, 0.25) is 0 Å². The minimum absolute atomic E-state index is 0.125. The van der Waals surface area contributed by atoms with Crippen molar-refractivity contribution in [3.8, 4) is 0 Å². The van der Waals surface area contributed by atoms with E-state index in [0.29, 0.717) is 17.9 Å². The lowest BCUT2D eigenvalue weighted by molar-refractivity contribution is 0.0957. The first-order valence-corrected chi connectivity index (χ1v) is 7.70. The molecule has 1 atom stereocenters. The quantitative estimate of drug-likeness (QED) is 0.822. The molecule has 0 aliphatic rings. The second-order valence-corrected chi connectivity index (χ2v) is 5.67. The number of nitrogens with one attached hydrogen (secondary N) is 2. The minimum Gasteiger partial charge on any atom is -0.385 e. The maximum absolute atomic E-state index is 12.0. The van der Waals surface area contributed by atoms with Crippen molar-refractivity contribution in [3.05, 3.63) is 29.3 Å². The van der Waals surface area contributed by atoms with Crippen LogP contribution in [0.4, 0.5) is 5.69 Å². The van der Waals surface area contributed by atoms with Crippen molar-refractivity contribution in [2.75, 3.05) is 30.4 Å². The average molecular weight is 268 g/mol. The van der Waals surface area contributed by atoms with Crippen LogP contribution in [0.2, 0.25) is 0 Å². The monoisotopic (exact) mass is 268 g/mol. The van der Waals surface area contributed by atoms with Gasteiger partial charge in [-0.25, -0.2) is 0 Å². The molecular formula is C13H20N2O2S. The summed E-state index contributed by atoms with van der Waals surface area (Å²) >= 11 is 0. The molecule has 4 nitrogen and oxygen atoms in total. The first kappa shape index (κ1) is 14.7. The molecule has 0 radical (unpaired) electrons. The number of anilines is 1. The van der Waals surface area contributed by atoms with E-state index in [4.69, 9.17) is 0 Å². The van der Waals surface area contributed by atoms with E-state index < -0.39 is 10.8 Å². The number of rotatable bonds is 6. The SMILES string of the molecule is CCNc1ccc(C)cc1C(=O)NCCS(C)=O. The molecule has 0 spiro atoms. The van der Waals surface area contributed by atoms with Gasteiger partial charge in [-0.1, -0.05) is 11.6 Å². The van der Waals surface area contributed by atoms with Crippen LogP contribution in [0.5, 0.6) is 0 Å². The van der Waals surface area contributed by atoms with E-state index in [1.807, 2.05) is 32.0 Å². The second-order valence-electron chi connectivity index (χ2n) is 4.11. The topological polar surface area (TPSA) is 58.2 Å². The van der Waals surface area contributed by atoms with Crippen LogP contribution in [-0.2, 0) is 10.8 Å². The first-order valence-electron chi connectivity index (χ1n) is 5.97. The Bertz CT molecular complexity index is 447. The molecule has 2 N–H and O–H groups in total. The van der Waals surface area contributed by atoms with Gasteiger partial charge < -0.3 is 10.6 Å². The van der Waals surface area contributed by atoms with Gasteiger partial charge >= 0.3 is 0 Å². The van der Waals surface area contributed by atoms with Crippen LogP contribution >= 0.6 is 0 Å². The second kappa shape index (κ2) is 7.16. The Morgan fingerprint density at radius 2 is 2.11 bits per heavy atom. The number of carbonyl (C=O) groups is 1. The van der Waals surface area contributed by atoms with Crippen LogP contribution in [0, 0.1) is 6.92 Å². The van der Waals surface area contributed by atoms with Crippen molar-refractivity contribution < 1.29 is 9.00 Å².